The van der Waals surface area contributed by atoms with E-state index >= 15 is 0 Å². The average Bonchev–Trinajstić information content (AvgIpc) is 3.20. The molecule has 0 saturated heterocycles. The van der Waals surface area contributed by atoms with Gasteiger partial charge in [-0.1, -0.05) is 43.3 Å². The van der Waals surface area contributed by atoms with Crippen LogP contribution in [0, 0.1) is 11.7 Å². The summed E-state index contributed by atoms with van der Waals surface area (Å²) in [6, 6.07) is 12.8. The molecule has 0 unspecified atom stereocenters. The van der Waals surface area contributed by atoms with Crippen LogP contribution in [0.25, 0.3) is 22.3 Å². The molecule has 2 heterocycles. The van der Waals surface area contributed by atoms with Gasteiger partial charge in [0.1, 0.15) is 12.4 Å². The van der Waals surface area contributed by atoms with Gasteiger partial charge < -0.3 is 4.52 Å². The predicted octanol–water partition coefficient (Wildman–Crippen LogP) is 3.45. The molecule has 0 bridgehead atoms. The molecular formula is C22H21FN4O3. The third kappa shape index (κ3) is 3.80. The number of para-hydroxylation sites is 1. The number of nitrogens with zero attached hydrogens (tertiary/aromatic N) is 4. The first-order valence-corrected chi connectivity index (χ1v) is 9.75. The number of fused-ring (bicyclic) bond motifs is 1. The summed E-state index contributed by atoms with van der Waals surface area (Å²) in [6.07, 6.45) is 0.706. The smallest absolute Gasteiger partial charge is 0.331 e. The Morgan fingerprint density at radius 3 is 2.63 bits per heavy atom. The molecule has 4 aromatic rings. The molecule has 4 rings (SSSR count). The number of rotatable bonds is 6. The molecular weight excluding hydrogens is 387 g/mol. The maximum Gasteiger partial charge on any atom is 0.331 e. The summed E-state index contributed by atoms with van der Waals surface area (Å²) < 4.78 is 21.5. The minimum absolute atomic E-state index is 0.00359. The summed E-state index contributed by atoms with van der Waals surface area (Å²) in [6.45, 7) is 4.41. The Balaban J connectivity index is 1.77. The van der Waals surface area contributed by atoms with Crippen molar-refractivity contribution in [2.24, 2.45) is 5.92 Å². The highest BCUT2D eigenvalue weighted by atomic mass is 19.1. The maximum absolute atomic E-state index is 13.5. The highest BCUT2D eigenvalue weighted by Gasteiger charge is 2.16. The average molecular weight is 408 g/mol. The fraction of sp³-hybridized carbons (Fsp3) is 0.273. The van der Waals surface area contributed by atoms with Crippen LogP contribution in [0.15, 0.2) is 62.6 Å². The first-order chi connectivity index (χ1) is 14.4. The van der Waals surface area contributed by atoms with Crippen LogP contribution in [-0.4, -0.2) is 19.3 Å². The number of hydrogen-bond acceptors (Lipinski definition) is 5. The van der Waals surface area contributed by atoms with Gasteiger partial charge in [0.2, 0.25) is 11.7 Å². The summed E-state index contributed by atoms with van der Waals surface area (Å²) in [5, 5.41) is 4.35. The molecule has 2 aromatic heterocycles. The van der Waals surface area contributed by atoms with E-state index in [1.807, 2.05) is 13.8 Å². The fourth-order valence-electron chi connectivity index (χ4n) is 3.31. The third-order valence-corrected chi connectivity index (χ3v) is 4.91. The summed E-state index contributed by atoms with van der Waals surface area (Å²) in [4.78, 5) is 30.3. The Morgan fingerprint density at radius 1 is 1.07 bits per heavy atom. The van der Waals surface area contributed by atoms with E-state index in [0.717, 1.165) is 0 Å². The highest BCUT2D eigenvalue weighted by Crippen LogP contribution is 2.17. The van der Waals surface area contributed by atoms with Gasteiger partial charge in [0.15, 0.2) is 0 Å². The predicted molar refractivity (Wildman–Crippen MR) is 111 cm³/mol. The Labute approximate surface area is 171 Å². The second-order valence-corrected chi connectivity index (χ2v) is 7.55. The number of aromatic nitrogens is 4. The van der Waals surface area contributed by atoms with Crippen LogP contribution in [0.3, 0.4) is 0 Å². The molecule has 0 fully saturated rings. The SMILES string of the molecule is CC(C)CCn1c(=O)c2ccccc2n(Cc2nc(-c3cccc(F)c3)no2)c1=O. The minimum atomic E-state index is -0.426. The lowest BCUT2D eigenvalue weighted by Crippen LogP contribution is -2.40. The molecule has 0 N–H and O–H groups in total. The van der Waals surface area contributed by atoms with Crippen molar-refractivity contribution < 1.29 is 8.91 Å². The molecule has 0 amide bonds. The van der Waals surface area contributed by atoms with E-state index in [-0.39, 0.29) is 23.8 Å². The van der Waals surface area contributed by atoms with Crippen molar-refractivity contribution in [3.63, 3.8) is 0 Å². The molecule has 2 aromatic carbocycles. The van der Waals surface area contributed by atoms with Gasteiger partial charge in [0.05, 0.1) is 10.9 Å². The molecule has 30 heavy (non-hydrogen) atoms. The molecule has 154 valence electrons. The molecule has 8 heteroatoms. The van der Waals surface area contributed by atoms with Crippen molar-refractivity contribution in [1.29, 1.82) is 0 Å². The van der Waals surface area contributed by atoms with Gasteiger partial charge in [-0.3, -0.25) is 13.9 Å². The minimum Gasteiger partial charge on any atom is -0.337 e. The van der Waals surface area contributed by atoms with E-state index in [2.05, 4.69) is 10.1 Å². The molecule has 0 saturated carbocycles. The van der Waals surface area contributed by atoms with Crippen LogP contribution in [-0.2, 0) is 13.1 Å². The standard InChI is InChI=1S/C22H21FN4O3/c1-14(2)10-11-26-21(28)17-8-3-4-9-18(17)27(22(26)29)13-19-24-20(25-30-19)15-6-5-7-16(23)12-15/h3-9,12,14H,10-11,13H2,1-2H3. The Hall–Kier alpha value is -3.55. The van der Waals surface area contributed by atoms with Gasteiger partial charge in [-0.05, 0) is 36.6 Å². The fourth-order valence-corrected chi connectivity index (χ4v) is 3.31. The van der Waals surface area contributed by atoms with Gasteiger partial charge in [0, 0.05) is 12.1 Å². The lowest BCUT2D eigenvalue weighted by molar-refractivity contribution is 0.368. The monoisotopic (exact) mass is 408 g/mol. The second kappa shape index (κ2) is 8.06. The van der Waals surface area contributed by atoms with Crippen molar-refractivity contribution in [1.82, 2.24) is 19.3 Å². The number of benzene rings is 2. The summed E-state index contributed by atoms with van der Waals surface area (Å²) in [5.74, 6) is 0.366. The molecule has 0 radical (unpaired) electrons. The normalized spacial score (nSPS) is 11.5. The van der Waals surface area contributed by atoms with Gasteiger partial charge in [-0.2, -0.15) is 4.98 Å². The van der Waals surface area contributed by atoms with Crippen LogP contribution in [0.1, 0.15) is 26.2 Å². The van der Waals surface area contributed by atoms with Gasteiger partial charge in [-0.25, -0.2) is 9.18 Å². The topological polar surface area (TPSA) is 82.9 Å². The van der Waals surface area contributed by atoms with E-state index in [1.54, 1.807) is 36.4 Å². The van der Waals surface area contributed by atoms with Crippen LogP contribution in [0.5, 0.6) is 0 Å². The molecule has 0 atom stereocenters. The zero-order chi connectivity index (χ0) is 21.3. The molecule has 0 aliphatic heterocycles. The van der Waals surface area contributed by atoms with Crippen molar-refractivity contribution in [2.45, 2.75) is 33.4 Å². The van der Waals surface area contributed by atoms with E-state index < -0.39 is 11.5 Å². The van der Waals surface area contributed by atoms with Gasteiger partial charge in [-0.15, -0.1) is 0 Å². The zero-order valence-corrected chi connectivity index (χ0v) is 16.7. The molecule has 0 spiro atoms. The van der Waals surface area contributed by atoms with Crippen molar-refractivity contribution in [3.05, 3.63) is 81.1 Å². The Morgan fingerprint density at radius 2 is 1.87 bits per heavy atom. The maximum atomic E-state index is 13.5. The lowest BCUT2D eigenvalue weighted by atomic mass is 10.1. The largest absolute Gasteiger partial charge is 0.337 e. The van der Waals surface area contributed by atoms with Crippen LogP contribution < -0.4 is 11.2 Å². The summed E-state index contributed by atoms with van der Waals surface area (Å²) in [5.41, 5.74) is 0.242. The summed E-state index contributed by atoms with van der Waals surface area (Å²) >= 11 is 0. The Bertz CT molecular complexity index is 1320. The molecule has 7 nitrogen and oxygen atoms in total. The zero-order valence-electron chi connectivity index (χ0n) is 16.7. The Kier molecular flexibility index (Phi) is 5.31. The van der Waals surface area contributed by atoms with Crippen molar-refractivity contribution in [3.8, 4) is 11.4 Å². The van der Waals surface area contributed by atoms with E-state index in [1.165, 1.54) is 21.3 Å². The molecule has 0 aliphatic rings. The van der Waals surface area contributed by atoms with Crippen molar-refractivity contribution >= 4 is 10.9 Å². The highest BCUT2D eigenvalue weighted by molar-refractivity contribution is 5.77. The molecule has 0 aliphatic carbocycles. The second-order valence-electron chi connectivity index (χ2n) is 7.55. The quantitative estimate of drug-likeness (QED) is 0.488. The summed E-state index contributed by atoms with van der Waals surface area (Å²) in [7, 11) is 0. The number of halogens is 1. The first-order valence-electron chi connectivity index (χ1n) is 9.75. The van der Waals surface area contributed by atoms with E-state index in [4.69, 9.17) is 4.52 Å². The van der Waals surface area contributed by atoms with Crippen molar-refractivity contribution in [2.75, 3.05) is 0 Å². The van der Waals surface area contributed by atoms with Crippen LogP contribution in [0.4, 0.5) is 4.39 Å². The van der Waals surface area contributed by atoms with E-state index in [0.29, 0.717) is 35.3 Å². The first kappa shape index (κ1) is 19.8. The third-order valence-electron chi connectivity index (χ3n) is 4.91. The van der Waals surface area contributed by atoms with Gasteiger partial charge >= 0.3 is 5.69 Å². The van der Waals surface area contributed by atoms with Crippen LogP contribution >= 0.6 is 0 Å². The lowest BCUT2D eigenvalue weighted by Gasteiger charge is -2.13. The van der Waals surface area contributed by atoms with Gasteiger partial charge in [0.25, 0.3) is 5.56 Å². The van der Waals surface area contributed by atoms with Crippen LogP contribution in [0.2, 0.25) is 0 Å². The van der Waals surface area contributed by atoms with E-state index in [9.17, 15) is 14.0 Å². The number of hydrogen-bond donors (Lipinski definition) is 0.